The molecule has 2 unspecified atom stereocenters. The number of carbonyl (C=O) groups excluding carboxylic acids is 1. The quantitative estimate of drug-likeness (QED) is 0.721. The Labute approximate surface area is 139 Å². The fourth-order valence-electron chi connectivity index (χ4n) is 2.98. The molecule has 2 amide bonds. The van der Waals surface area contributed by atoms with Crippen LogP contribution < -0.4 is 10.6 Å². The van der Waals surface area contributed by atoms with E-state index in [0.717, 1.165) is 19.5 Å². The van der Waals surface area contributed by atoms with Gasteiger partial charge in [-0.1, -0.05) is 36.8 Å². The average Bonchev–Trinajstić information content (AvgIpc) is 2.55. The fraction of sp³-hybridized carbons (Fsp3) is 0.611. The van der Waals surface area contributed by atoms with Crippen molar-refractivity contribution in [3.63, 3.8) is 0 Å². The summed E-state index contributed by atoms with van der Waals surface area (Å²) in [5, 5.41) is 15.0. The zero-order chi connectivity index (χ0) is 16.5. The summed E-state index contributed by atoms with van der Waals surface area (Å²) in [6, 6.07) is 10.7. The smallest absolute Gasteiger partial charge is 0.314 e. The van der Waals surface area contributed by atoms with Gasteiger partial charge < -0.3 is 15.7 Å². The van der Waals surface area contributed by atoms with Crippen LogP contribution in [0.1, 0.15) is 38.2 Å². The number of amides is 2. The SMILES string of the molecule is CC(O)CCNC(=O)NCC1CCCCN1Cc1ccccc1. The van der Waals surface area contributed by atoms with Crippen molar-refractivity contribution >= 4 is 6.03 Å². The minimum atomic E-state index is -0.380. The Hall–Kier alpha value is -1.59. The van der Waals surface area contributed by atoms with E-state index in [9.17, 15) is 9.90 Å². The van der Waals surface area contributed by atoms with E-state index < -0.39 is 0 Å². The number of carbonyl (C=O) groups is 1. The highest BCUT2D eigenvalue weighted by atomic mass is 16.3. The molecule has 1 aliphatic rings. The van der Waals surface area contributed by atoms with Crippen molar-refractivity contribution in [2.45, 2.75) is 51.3 Å². The molecule has 5 nitrogen and oxygen atoms in total. The highest BCUT2D eigenvalue weighted by molar-refractivity contribution is 5.73. The van der Waals surface area contributed by atoms with Gasteiger partial charge in [-0.05, 0) is 38.3 Å². The van der Waals surface area contributed by atoms with Gasteiger partial charge in [0, 0.05) is 25.7 Å². The lowest BCUT2D eigenvalue weighted by Gasteiger charge is -2.35. The lowest BCUT2D eigenvalue weighted by Crippen LogP contribution is -2.48. The molecule has 23 heavy (non-hydrogen) atoms. The molecule has 3 N–H and O–H groups in total. The van der Waals surface area contributed by atoms with Crippen LogP contribution in [0.3, 0.4) is 0 Å². The molecule has 0 radical (unpaired) electrons. The summed E-state index contributed by atoms with van der Waals surface area (Å²) in [5.41, 5.74) is 1.32. The van der Waals surface area contributed by atoms with Crippen LogP contribution in [0.4, 0.5) is 4.79 Å². The molecule has 0 spiro atoms. The van der Waals surface area contributed by atoms with E-state index in [1.807, 2.05) is 6.07 Å². The van der Waals surface area contributed by atoms with Gasteiger partial charge in [0.05, 0.1) is 6.10 Å². The summed E-state index contributed by atoms with van der Waals surface area (Å²) in [4.78, 5) is 14.3. The molecule has 1 fully saturated rings. The molecule has 1 saturated heterocycles. The first kappa shape index (κ1) is 17.8. The maximum absolute atomic E-state index is 11.8. The van der Waals surface area contributed by atoms with E-state index in [2.05, 4.69) is 39.8 Å². The van der Waals surface area contributed by atoms with E-state index in [1.54, 1.807) is 6.92 Å². The topological polar surface area (TPSA) is 64.6 Å². The molecule has 5 heteroatoms. The number of hydrogen-bond acceptors (Lipinski definition) is 3. The molecular weight excluding hydrogens is 290 g/mol. The van der Waals surface area contributed by atoms with Crippen molar-refractivity contribution in [3.05, 3.63) is 35.9 Å². The first-order valence-electron chi connectivity index (χ1n) is 8.63. The summed E-state index contributed by atoms with van der Waals surface area (Å²) in [6.07, 6.45) is 3.78. The molecule has 1 aliphatic heterocycles. The summed E-state index contributed by atoms with van der Waals surface area (Å²) in [7, 11) is 0. The second-order valence-electron chi connectivity index (χ2n) is 6.38. The van der Waals surface area contributed by atoms with Gasteiger partial charge >= 0.3 is 6.03 Å². The van der Waals surface area contributed by atoms with Gasteiger partial charge in [0.2, 0.25) is 0 Å². The predicted octanol–water partition coefficient (Wildman–Crippen LogP) is 2.11. The number of urea groups is 1. The van der Waals surface area contributed by atoms with Crippen LogP contribution in [0.5, 0.6) is 0 Å². The fourth-order valence-corrected chi connectivity index (χ4v) is 2.98. The minimum Gasteiger partial charge on any atom is -0.393 e. The summed E-state index contributed by atoms with van der Waals surface area (Å²) in [5.74, 6) is 0. The van der Waals surface area contributed by atoms with E-state index >= 15 is 0 Å². The third-order valence-electron chi connectivity index (χ3n) is 4.32. The standard InChI is InChI=1S/C18H29N3O2/c1-15(22)10-11-19-18(23)20-13-17-9-5-6-12-21(17)14-16-7-3-2-4-8-16/h2-4,7-8,15,17,22H,5-6,9-14H2,1H3,(H2,19,20,23). The number of rotatable bonds is 7. The minimum absolute atomic E-state index is 0.143. The van der Waals surface area contributed by atoms with Crippen LogP contribution in [0, 0.1) is 0 Å². The van der Waals surface area contributed by atoms with Gasteiger partial charge in [0.1, 0.15) is 0 Å². The largest absolute Gasteiger partial charge is 0.393 e. The number of aliphatic hydroxyl groups is 1. The Kier molecular flexibility index (Phi) is 7.36. The Morgan fingerprint density at radius 2 is 2.09 bits per heavy atom. The van der Waals surface area contributed by atoms with Crippen molar-refractivity contribution < 1.29 is 9.90 Å². The van der Waals surface area contributed by atoms with Crippen LogP contribution in [0.25, 0.3) is 0 Å². The molecule has 2 rings (SSSR count). The van der Waals surface area contributed by atoms with E-state index in [-0.39, 0.29) is 12.1 Å². The first-order valence-corrected chi connectivity index (χ1v) is 8.63. The average molecular weight is 319 g/mol. The van der Waals surface area contributed by atoms with Crippen molar-refractivity contribution in [1.29, 1.82) is 0 Å². The molecule has 0 saturated carbocycles. The summed E-state index contributed by atoms with van der Waals surface area (Å²) in [6.45, 7) is 4.93. The van der Waals surface area contributed by atoms with Crippen LogP contribution >= 0.6 is 0 Å². The van der Waals surface area contributed by atoms with Gasteiger partial charge in [-0.3, -0.25) is 4.90 Å². The van der Waals surface area contributed by atoms with Gasteiger partial charge in [-0.2, -0.15) is 0 Å². The van der Waals surface area contributed by atoms with Crippen molar-refractivity contribution in [3.8, 4) is 0 Å². The van der Waals surface area contributed by atoms with Crippen LogP contribution in [-0.2, 0) is 6.54 Å². The zero-order valence-electron chi connectivity index (χ0n) is 14.0. The Bertz CT molecular complexity index is 465. The van der Waals surface area contributed by atoms with Gasteiger partial charge in [-0.15, -0.1) is 0 Å². The summed E-state index contributed by atoms with van der Waals surface area (Å²) >= 11 is 0. The lowest BCUT2D eigenvalue weighted by atomic mass is 10.0. The van der Waals surface area contributed by atoms with Crippen LogP contribution in [0.15, 0.2) is 30.3 Å². The molecule has 1 aromatic rings. The second kappa shape index (κ2) is 9.53. The Morgan fingerprint density at radius 1 is 1.30 bits per heavy atom. The van der Waals surface area contributed by atoms with E-state index in [0.29, 0.717) is 25.6 Å². The van der Waals surface area contributed by atoms with Crippen molar-refractivity contribution in [2.24, 2.45) is 0 Å². The maximum Gasteiger partial charge on any atom is 0.314 e. The van der Waals surface area contributed by atoms with Crippen molar-refractivity contribution in [2.75, 3.05) is 19.6 Å². The summed E-state index contributed by atoms with van der Waals surface area (Å²) < 4.78 is 0. The molecule has 1 heterocycles. The van der Waals surface area contributed by atoms with Gasteiger partial charge in [0.15, 0.2) is 0 Å². The van der Waals surface area contributed by atoms with Gasteiger partial charge in [0.25, 0.3) is 0 Å². The molecule has 1 aromatic carbocycles. The third kappa shape index (κ3) is 6.59. The number of nitrogens with zero attached hydrogens (tertiary/aromatic N) is 1. The maximum atomic E-state index is 11.8. The molecule has 0 aliphatic carbocycles. The molecular formula is C18H29N3O2. The number of nitrogens with one attached hydrogen (secondary N) is 2. The number of hydrogen-bond donors (Lipinski definition) is 3. The monoisotopic (exact) mass is 319 g/mol. The molecule has 0 bridgehead atoms. The normalized spacial score (nSPS) is 20.0. The Balaban J connectivity index is 1.76. The molecule has 0 aromatic heterocycles. The zero-order valence-corrected chi connectivity index (χ0v) is 14.0. The van der Waals surface area contributed by atoms with Crippen LogP contribution in [-0.4, -0.2) is 47.8 Å². The highest BCUT2D eigenvalue weighted by Crippen LogP contribution is 2.19. The van der Waals surface area contributed by atoms with Crippen molar-refractivity contribution in [1.82, 2.24) is 15.5 Å². The van der Waals surface area contributed by atoms with Crippen LogP contribution in [0.2, 0.25) is 0 Å². The number of benzene rings is 1. The second-order valence-corrected chi connectivity index (χ2v) is 6.38. The molecule has 2 atom stereocenters. The predicted molar refractivity (Wildman–Crippen MR) is 92.2 cm³/mol. The molecule has 128 valence electrons. The third-order valence-corrected chi connectivity index (χ3v) is 4.32. The van der Waals surface area contributed by atoms with E-state index in [1.165, 1.54) is 18.4 Å². The highest BCUT2D eigenvalue weighted by Gasteiger charge is 2.22. The number of aliphatic hydroxyl groups excluding tert-OH is 1. The first-order chi connectivity index (χ1) is 11.1. The van der Waals surface area contributed by atoms with E-state index in [4.69, 9.17) is 0 Å². The Morgan fingerprint density at radius 3 is 2.83 bits per heavy atom. The lowest BCUT2D eigenvalue weighted by molar-refractivity contribution is 0.138. The number of piperidine rings is 1. The van der Waals surface area contributed by atoms with Gasteiger partial charge in [-0.25, -0.2) is 4.79 Å². The number of likely N-dealkylation sites (tertiary alicyclic amines) is 1.